The van der Waals surface area contributed by atoms with Crippen molar-refractivity contribution >= 4 is 38.7 Å². The summed E-state index contributed by atoms with van der Waals surface area (Å²) in [5, 5.41) is 7.82. The van der Waals surface area contributed by atoms with Crippen LogP contribution in [0.1, 0.15) is 29.3 Å². The predicted molar refractivity (Wildman–Crippen MR) is 125 cm³/mol. The quantitative estimate of drug-likeness (QED) is 0.545. The zero-order valence-electron chi connectivity index (χ0n) is 17.5. The molecule has 1 aliphatic rings. The third-order valence-corrected chi connectivity index (χ3v) is 7.30. The van der Waals surface area contributed by atoms with E-state index in [1.165, 1.54) is 31.2 Å². The summed E-state index contributed by atoms with van der Waals surface area (Å²) < 4.78 is 26.2. The molecule has 0 aromatic heterocycles. The second kappa shape index (κ2) is 8.84. The minimum atomic E-state index is -3.61. The van der Waals surface area contributed by atoms with Crippen molar-refractivity contribution in [3.8, 4) is 0 Å². The molecule has 0 radical (unpaired) electrons. The summed E-state index contributed by atoms with van der Waals surface area (Å²) in [7, 11) is -3.61. The number of carbonyl (C=O) groups excluding carboxylic acids is 2. The van der Waals surface area contributed by atoms with Gasteiger partial charge in [0.2, 0.25) is 5.91 Å². The topological polar surface area (TPSA) is 104 Å². The zero-order chi connectivity index (χ0) is 22.7. The largest absolute Gasteiger partial charge is 0.369 e. The van der Waals surface area contributed by atoms with E-state index in [-0.39, 0.29) is 16.7 Å². The maximum Gasteiger partial charge on any atom is 0.255 e. The van der Waals surface area contributed by atoms with E-state index in [1.807, 2.05) is 24.3 Å². The second-order valence-electron chi connectivity index (χ2n) is 7.61. The van der Waals surface area contributed by atoms with Crippen LogP contribution in [0.2, 0.25) is 0 Å². The first-order chi connectivity index (χ1) is 15.3. The van der Waals surface area contributed by atoms with Gasteiger partial charge >= 0.3 is 0 Å². The molecule has 0 saturated heterocycles. The van der Waals surface area contributed by atoms with E-state index in [1.54, 1.807) is 24.3 Å². The molecule has 2 amide bonds. The molecule has 1 heterocycles. The van der Waals surface area contributed by atoms with E-state index in [0.717, 1.165) is 11.3 Å². The number of para-hydroxylation sites is 1. The number of carbonyl (C=O) groups is 2. The minimum absolute atomic E-state index is 0.165. The monoisotopic (exact) mass is 449 g/mol. The summed E-state index contributed by atoms with van der Waals surface area (Å²) in [4.78, 5) is 24.0. The molecular formula is C24H23N3O4S. The van der Waals surface area contributed by atoms with Crippen LogP contribution in [0.3, 0.4) is 0 Å². The lowest BCUT2D eigenvalue weighted by molar-refractivity contribution is -0.114. The minimum Gasteiger partial charge on any atom is -0.369 e. The Kier molecular flexibility index (Phi) is 5.96. The van der Waals surface area contributed by atoms with Crippen molar-refractivity contribution in [2.75, 3.05) is 16.0 Å². The smallest absolute Gasteiger partial charge is 0.255 e. The van der Waals surface area contributed by atoms with E-state index in [4.69, 9.17) is 0 Å². The van der Waals surface area contributed by atoms with Gasteiger partial charge in [-0.3, -0.25) is 9.59 Å². The number of anilines is 3. The Morgan fingerprint density at radius 2 is 1.59 bits per heavy atom. The van der Waals surface area contributed by atoms with Gasteiger partial charge in [-0.1, -0.05) is 24.3 Å². The van der Waals surface area contributed by atoms with Gasteiger partial charge in [0, 0.05) is 29.5 Å². The molecule has 1 aliphatic heterocycles. The highest BCUT2D eigenvalue weighted by atomic mass is 32.2. The van der Waals surface area contributed by atoms with Crippen LogP contribution in [0.4, 0.5) is 17.1 Å². The molecule has 8 heteroatoms. The van der Waals surface area contributed by atoms with Gasteiger partial charge < -0.3 is 16.0 Å². The van der Waals surface area contributed by atoms with E-state index in [2.05, 4.69) is 16.0 Å². The number of hydrogen-bond donors (Lipinski definition) is 3. The van der Waals surface area contributed by atoms with E-state index < -0.39 is 15.2 Å². The van der Waals surface area contributed by atoms with Crippen molar-refractivity contribution in [1.82, 2.24) is 0 Å². The van der Waals surface area contributed by atoms with Crippen LogP contribution >= 0.6 is 0 Å². The summed E-state index contributed by atoms with van der Waals surface area (Å²) in [5.41, 5.74) is 3.36. The summed E-state index contributed by atoms with van der Waals surface area (Å²) >= 11 is 0. The number of benzene rings is 3. The van der Waals surface area contributed by atoms with E-state index in [0.29, 0.717) is 29.8 Å². The van der Waals surface area contributed by atoms with Crippen molar-refractivity contribution in [2.24, 2.45) is 0 Å². The molecule has 0 aliphatic carbocycles. The van der Waals surface area contributed by atoms with E-state index >= 15 is 0 Å². The Balaban J connectivity index is 1.47. The van der Waals surface area contributed by atoms with Crippen molar-refractivity contribution in [3.63, 3.8) is 0 Å². The van der Waals surface area contributed by atoms with Gasteiger partial charge in [0.1, 0.15) is 5.37 Å². The summed E-state index contributed by atoms with van der Waals surface area (Å²) in [6.07, 6.45) is 1.16. The summed E-state index contributed by atoms with van der Waals surface area (Å²) in [6.45, 7) is 1.41. The lowest BCUT2D eigenvalue weighted by atomic mass is 10.0. The highest BCUT2D eigenvalue weighted by Gasteiger charge is 2.30. The maximum atomic E-state index is 13.1. The highest BCUT2D eigenvalue weighted by Crippen LogP contribution is 2.29. The molecule has 4 rings (SSSR count). The van der Waals surface area contributed by atoms with Crippen molar-refractivity contribution in [2.45, 2.75) is 30.0 Å². The third-order valence-electron chi connectivity index (χ3n) is 5.27. The van der Waals surface area contributed by atoms with Crippen molar-refractivity contribution in [3.05, 3.63) is 83.9 Å². The molecule has 0 bridgehead atoms. The Labute approximate surface area is 186 Å². The van der Waals surface area contributed by atoms with Crippen LogP contribution in [0, 0.1) is 0 Å². The van der Waals surface area contributed by atoms with Crippen molar-refractivity contribution < 1.29 is 18.0 Å². The first kappa shape index (κ1) is 21.6. The second-order valence-corrected chi connectivity index (χ2v) is 9.74. The van der Waals surface area contributed by atoms with Gasteiger partial charge in [-0.2, -0.15) is 0 Å². The number of fused-ring (bicyclic) bond motifs is 1. The molecule has 0 saturated carbocycles. The van der Waals surface area contributed by atoms with Gasteiger partial charge in [-0.05, 0) is 66.9 Å². The number of nitrogens with one attached hydrogen (secondary N) is 3. The number of sulfone groups is 1. The number of aryl methyl sites for hydroxylation is 1. The highest BCUT2D eigenvalue weighted by molar-refractivity contribution is 7.92. The standard InChI is InChI=1S/C24H23N3O4S/c1-16(28)25-19-6-4-7-20(15-19)26-24(29)18-9-12-21(13-10-18)32(30,31)23-14-11-17-5-2-3-8-22(17)27-23/h2-10,12-13,15,23,27H,11,14H2,1H3,(H,25,28)(H,26,29). The zero-order valence-corrected chi connectivity index (χ0v) is 18.3. The van der Waals surface area contributed by atoms with Crippen LogP contribution < -0.4 is 16.0 Å². The Bertz CT molecular complexity index is 1270. The molecular weight excluding hydrogens is 426 g/mol. The number of hydrogen-bond acceptors (Lipinski definition) is 5. The predicted octanol–water partition coefficient (Wildman–Crippen LogP) is 4.06. The summed E-state index contributed by atoms with van der Waals surface area (Å²) in [6, 6.07) is 20.4. The summed E-state index contributed by atoms with van der Waals surface area (Å²) in [5.74, 6) is -0.583. The van der Waals surface area contributed by atoms with Crippen LogP contribution in [0.25, 0.3) is 0 Å². The van der Waals surface area contributed by atoms with Gasteiger partial charge in [-0.15, -0.1) is 0 Å². The SMILES string of the molecule is CC(=O)Nc1cccc(NC(=O)c2ccc(S(=O)(=O)C3CCc4ccccc4N3)cc2)c1. The molecule has 3 aromatic rings. The average Bonchev–Trinajstić information content (AvgIpc) is 2.78. The molecule has 0 fully saturated rings. The van der Waals surface area contributed by atoms with Gasteiger partial charge in [0.05, 0.1) is 4.90 Å². The van der Waals surface area contributed by atoms with Crippen LogP contribution in [0.15, 0.2) is 77.7 Å². The lowest BCUT2D eigenvalue weighted by Crippen LogP contribution is -2.33. The molecule has 3 aromatic carbocycles. The molecule has 0 spiro atoms. The average molecular weight is 450 g/mol. The third kappa shape index (κ3) is 4.65. The molecule has 3 N–H and O–H groups in total. The Morgan fingerprint density at radius 3 is 2.31 bits per heavy atom. The number of rotatable bonds is 5. The molecule has 164 valence electrons. The Morgan fingerprint density at radius 1 is 0.906 bits per heavy atom. The molecule has 32 heavy (non-hydrogen) atoms. The molecule has 1 unspecified atom stereocenters. The fourth-order valence-corrected chi connectivity index (χ4v) is 5.24. The van der Waals surface area contributed by atoms with E-state index in [9.17, 15) is 18.0 Å². The molecule has 1 atom stereocenters. The van der Waals surface area contributed by atoms with Crippen LogP contribution in [-0.4, -0.2) is 25.6 Å². The fourth-order valence-electron chi connectivity index (χ4n) is 3.69. The van der Waals surface area contributed by atoms with Crippen LogP contribution in [-0.2, 0) is 21.1 Å². The van der Waals surface area contributed by atoms with Gasteiger partial charge in [0.15, 0.2) is 9.84 Å². The lowest BCUT2D eigenvalue weighted by Gasteiger charge is -2.26. The molecule has 7 nitrogen and oxygen atoms in total. The first-order valence-electron chi connectivity index (χ1n) is 10.2. The Hall–Kier alpha value is -3.65. The van der Waals surface area contributed by atoms with Crippen LogP contribution in [0.5, 0.6) is 0 Å². The van der Waals surface area contributed by atoms with Crippen molar-refractivity contribution in [1.29, 1.82) is 0 Å². The normalized spacial score (nSPS) is 15.2. The maximum absolute atomic E-state index is 13.1. The van der Waals surface area contributed by atoms with Gasteiger partial charge in [0.25, 0.3) is 5.91 Å². The van der Waals surface area contributed by atoms with Gasteiger partial charge in [-0.25, -0.2) is 8.42 Å². The number of amides is 2. The first-order valence-corrected chi connectivity index (χ1v) is 11.7. The fraction of sp³-hybridized carbons (Fsp3) is 0.167.